The number of nitrogens with zero attached hydrogens (tertiary/aromatic N) is 2. The SMILES string of the molecule is N#C/C(C(=O)Oc1ccc([N+](=O)[O-])cc1)=C(/N)Cl. The molecule has 1 rings (SSSR count). The third-order valence-electron chi connectivity index (χ3n) is 1.81. The number of carbonyl (C=O) groups is 1. The lowest BCUT2D eigenvalue weighted by Gasteiger charge is -2.02. The first-order valence-corrected chi connectivity index (χ1v) is 4.85. The molecule has 1 aromatic carbocycles. The van der Waals surface area contributed by atoms with Crippen molar-refractivity contribution < 1.29 is 14.5 Å². The van der Waals surface area contributed by atoms with Crippen molar-refractivity contribution in [1.82, 2.24) is 0 Å². The Morgan fingerprint density at radius 1 is 1.44 bits per heavy atom. The molecule has 1 aromatic rings. The lowest BCUT2D eigenvalue weighted by molar-refractivity contribution is -0.384. The van der Waals surface area contributed by atoms with Crippen molar-refractivity contribution in [3.8, 4) is 11.8 Å². The van der Waals surface area contributed by atoms with E-state index in [1.54, 1.807) is 0 Å². The van der Waals surface area contributed by atoms with Gasteiger partial charge in [-0.2, -0.15) is 5.26 Å². The summed E-state index contributed by atoms with van der Waals surface area (Å²) in [6, 6.07) is 6.24. The average molecular weight is 268 g/mol. The lowest BCUT2D eigenvalue weighted by Crippen LogP contribution is -2.13. The van der Waals surface area contributed by atoms with E-state index in [2.05, 4.69) is 0 Å². The molecule has 0 amide bonds. The smallest absolute Gasteiger partial charge is 0.357 e. The minimum Gasteiger partial charge on any atom is -0.422 e. The summed E-state index contributed by atoms with van der Waals surface area (Å²) in [5.41, 5.74) is 4.42. The first-order valence-electron chi connectivity index (χ1n) is 4.47. The van der Waals surface area contributed by atoms with Crippen molar-refractivity contribution in [2.75, 3.05) is 0 Å². The van der Waals surface area contributed by atoms with Gasteiger partial charge in [0.25, 0.3) is 5.69 Å². The number of nitriles is 1. The highest BCUT2D eigenvalue weighted by Crippen LogP contribution is 2.18. The topological polar surface area (TPSA) is 119 Å². The number of non-ortho nitro benzene ring substituents is 1. The Bertz CT molecular complexity index is 555. The molecule has 0 atom stereocenters. The van der Waals surface area contributed by atoms with Gasteiger partial charge in [0.1, 0.15) is 17.0 Å². The second kappa shape index (κ2) is 5.65. The van der Waals surface area contributed by atoms with E-state index in [1.165, 1.54) is 18.2 Å². The lowest BCUT2D eigenvalue weighted by atomic mass is 10.3. The molecule has 8 heteroatoms. The molecule has 0 aliphatic carbocycles. The maximum atomic E-state index is 11.4. The average Bonchev–Trinajstić information content (AvgIpc) is 2.29. The molecule has 0 heterocycles. The zero-order chi connectivity index (χ0) is 13.7. The molecule has 7 nitrogen and oxygen atoms in total. The van der Waals surface area contributed by atoms with Crippen LogP contribution in [-0.4, -0.2) is 10.9 Å². The third kappa shape index (κ3) is 3.20. The Balaban J connectivity index is 2.87. The van der Waals surface area contributed by atoms with Crippen LogP contribution in [0.2, 0.25) is 0 Å². The van der Waals surface area contributed by atoms with Gasteiger partial charge in [-0.1, -0.05) is 11.6 Å². The summed E-state index contributed by atoms with van der Waals surface area (Å²) < 4.78 is 4.76. The minimum atomic E-state index is -1.03. The maximum Gasteiger partial charge on any atom is 0.357 e. The molecule has 0 fully saturated rings. The Labute approximate surface area is 106 Å². The number of esters is 1. The highest BCUT2D eigenvalue weighted by Gasteiger charge is 2.15. The van der Waals surface area contributed by atoms with Crippen LogP contribution in [0.3, 0.4) is 0 Å². The fourth-order valence-corrected chi connectivity index (χ4v) is 1.11. The van der Waals surface area contributed by atoms with Gasteiger partial charge in [-0.3, -0.25) is 10.1 Å². The van der Waals surface area contributed by atoms with Crippen LogP contribution in [0.1, 0.15) is 0 Å². The van der Waals surface area contributed by atoms with Gasteiger partial charge in [0, 0.05) is 12.1 Å². The van der Waals surface area contributed by atoms with E-state index >= 15 is 0 Å². The summed E-state index contributed by atoms with van der Waals surface area (Å²) in [5.74, 6) is -0.991. The fourth-order valence-electron chi connectivity index (χ4n) is 0.991. The molecule has 0 bridgehead atoms. The van der Waals surface area contributed by atoms with Gasteiger partial charge < -0.3 is 10.5 Å². The van der Waals surface area contributed by atoms with Crippen molar-refractivity contribution in [2.24, 2.45) is 5.73 Å². The molecule has 2 N–H and O–H groups in total. The third-order valence-corrected chi connectivity index (χ3v) is 2.00. The van der Waals surface area contributed by atoms with E-state index in [9.17, 15) is 14.9 Å². The quantitative estimate of drug-likeness (QED) is 0.168. The number of rotatable bonds is 3. The fraction of sp³-hybridized carbons (Fsp3) is 0. The van der Waals surface area contributed by atoms with Crippen molar-refractivity contribution in [3.05, 3.63) is 45.1 Å². The molecule has 0 radical (unpaired) electrons. The first kappa shape index (κ1) is 13.5. The van der Waals surface area contributed by atoms with Crippen LogP contribution in [0.15, 0.2) is 35.0 Å². The highest BCUT2D eigenvalue weighted by atomic mass is 35.5. The van der Waals surface area contributed by atoms with Crippen LogP contribution in [0.4, 0.5) is 5.69 Å². The summed E-state index contributed by atoms with van der Waals surface area (Å²) in [7, 11) is 0. The first-order chi connectivity index (χ1) is 8.45. The van der Waals surface area contributed by atoms with E-state index in [0.717, 1.165) is 12.1 Å². The predicted octanol–water partition coefficient (Wildman–Crippen LogP) is 1.43. The highest BCUT2D eigenvalue weighted by molar-refractivity contribution is 6.31. The number of carbonyl (C=O) groups excluding carboxylic acids is 1. The molecule has 18 heavy (non-hydrogen) atoms. The second-order valence-electron chi connectivity index (χ2n) is 2.98. The molecule has 0 saturated heterocycles. The van der Waals surface area contributed by atoms with E-state index in [4.69, 9.17) is 27.3 Å². The largest absolute Gasteiger partial charge is 0.422 e. The summed E-state index contributed by atoms with van der Waals surface area (Å²) in [6.07, 6.45) is 0. The standard InChI is InChI=1S/C10H6ClN3O4/c11-9(13)8(5-12)10(15)18-7-3-1-6(2-4-7)14(16)17/h1-4H,13H2/b9-8-. The van der Waals surface area contributed by atoms with Crippen LogP contribution in [0.5, 0.6) is 5.75 Å². The van der Waals surface area contributed by atoms with Crippen molar-refractivity contribution >= 4 is 23.3 Å². The Kier molecular flexibility index (Phi) is 4.23. The Morgan fingerprint density at radius 2 is 2.00 bits per heavy atom. The van der Waals surface area contributed by atoms with Gasteiger partial charge in [-0.05, 0) is 12.1 Å². The summed E-state index contributed by atoms with van der Waals surface area (Å²) in [5, 5.41) is 18.5. The van der Waals surface area contributed by atoms with Crippen LogP contribution in [-0.2, 0) is 4.79 Å². The molecule has 0 aliphatic rings. The maximum absolute atomic E-state index is 11.4. The van der Waals surface area contributed by atoms with Crippen LogP contribution in [0, 0.1) is 21.4 Å². The van der Waals surface area contributed by atoms with Gasteiger partial charge in [0.15, 0.2) is 5.57 Å². The Morgan fingerprint density at radius 3 is 2.39 bits per heavy atom. The molecule has 0 aromatic heterocycles. The molecule has 0 spiro atoms. The number of ether oxygens (including phenoxy) is 1. The number of hydrogen-bond acceptors (Lipinski definition) is 6. The summed E-state index contributed by atoms with van der Waals surface area (Å²) in [6.45, 7) is 0. The molecular formula is C10H6ClN3O4. The number of benzene rings is 1. The summed E-state index contributed by atoms with van der Waals surface area (Å²) in [4.78, 5) is 21.2. The predicted molar refractivity (Wildman–Crippen MR) is 61.4 cm³/mol. The Hall–Kier alpha value is -2.59. The normalized spacial score (nSPS) is 11.1. The molecule has 0 saturated carbocycles. The minimum absolute atomic E-state index is 0.0382. The van der Waals surface area contributed by atoms with Gasteiger partial charge in [0.2, 0.25) is 0 Å². The van der Waals surface area contributed by atoms with Crippen molar-refractivity contribution in [1.29, 1.82) is 5.26 Å². The number of halogens is 1. The molecular weight excluding hydrogens is 262 g/mol. The second-order valence-corrected chi connectivity index (χ2v) is 3.38. The molecule has 0 aliphatic heterocycles. The van der Waals surface area contributed by atoms with Gasteiger partial charge in [0.05, 0.1) is 4.92 Å². The van der Waals surface area contributed by atoms with Crippen molar-refractivity contribution in [2.45, 2.75) is 0 Å². The van der Waals surface area contributed by atoms with Crippen LogP contribution in [0.25, 0.3) is 0 Å². The zero-order valence-corrected chi connectivity index (χ0v) is 9.55. The van der Waals surface area contributed by atoms with E-state index < -0.39 is 21.6 Å². The summed E-state index contributed by atoms with van der Waals surface area (Å²) >= 11 is 5.32. The van der Waals surface area contributed by atoms with E-state index in [0.29, 0.717) is 0 Å². The molecule has 92 valence electrons. The van der Waals surface area contributed by atoms with E-state index in [-0.39, 0.29) is 11.4 Å². The number of nitrogens with two attached hydrogens (primary N) is 1. The van der Waals surface area contributed by atoms with Crippen LogP contribution >= 0.6 is 11.6 Å². The van der Waals surface area contributed by atoms with Gasteiger partial charge in [-0.25, -0.2) is 4.79 Å². The zero-order valence-electron chi connectivity index (χ0n) is 8.79. The van der Waals surface area contributed by atoms with Crippen LogP contribution < -0.4 is 10.5 Å². The number of nitro groups is 1. The number of nitro benzene ring substituents is 1. The van der Waals surface area contributed by atoms with Gasteiger partial charge >= 0.3 is 5.97 Å². The van der Waals surface area contributed by atoms with Crippen molar-refractivity contribution in [3.63, 3.8) is 0 Å². The van der Waals surface area contributed by atoms with Gasteiger partial charge in [-0.15, -0.1) is 0 Å². The monoisotopic (exact) mass is 267 g/mol. The number of hydrogen-bond donors (Lipinski definition) is 1. The van der Waals surface area contributed by atoms with E-state index in [1.807, 2.05) is 0 Å². The molecule has 0 unspecified atom stereocenters.